The first-order valence-electron chi connectivity index (χ1n) is 9.41. The molecule has 0 radical (unpaired) electrons. The van der Waals surface area contributed by atoms with Crippen molar-refractivity contribution >= 4 is 39.1 Å². The minimum atomic E-state index is -0.0980. The number of hydrogen-bond donors (Lipinski definition) is 1. The van der Waals surface area contributed by atoms with Crippen LogP contribution in [-0.2, 0) is 6.54 Å². The number of fused-ring (bicyclic) bond motifs is 1. The van der Waals surface area contributed by atoms with Gasteiger partial charge < -0.3 is 14.7 Å². The third-order valence-electron chi connectivity index (χ3n) is 4.88. The number of piperazine rings is 1. The lowest BCUT2D eigenvalue weighted by atomic mass is 10.2. The van der Waals surface area contributed by atoms with Crippen molar-refractivity contribution < 1.29 is 4.79 Å². The van der Waals surface area contributed by atoms with Gasteiger partial charge in [-0.25, -0.2) is 9.78 Å². The fraction of sp³-hybridized carbons (Fsp3) is 0.421. The van der Waals surface area contributed by atoms with Crippen LogP contribution in [0, 0.1) is 0 Å². The van der Waals surface area contributed by atoms with E-state index in [2.05, 4.69) is 36.6 Å². The molecule has 3 aromatic heterocycles. The van der Waals surface area contributed by atoms with Crippen LogP contribution >= 0.6 is 11.3 Å². The molecule has 4 heterocycles. The van der Waals surface area contributed by atoms with Crippen molar-refractivity contribution in [2.24, 2.45) is 0 Å². The second kappa shape index (κ2) is 8.15. The molecule has 148 valence electrons. The van der Waals surface area contributed by atoms with Crippen LogP contribution in [0.5, 0.6) is 0 Å². The molecule has 0 aliphatic carbocycles. The van der Waals surface area contributed by atoms with E-state index < -0.39 is 0 Å². The van der Waals surface area contributed by atoms with Crippen molar-refractivity contribution in [1.29, 1.82) is 0 Å². The molecule has 8 nitrogen and oxygen atoms in total. The van der Waals surface area contributed by atoms with Gasteiger partial charge in [-0.05, 0) is 31.6 Å². The lowest BCUT2D eigenvalue weighted by Crippen LogP contribution is -2.50. The van der Waals surface area contributed by atoms with E-state index >= 15 is 0 Å². The van der Waals surface area contributed by atoms with Crippen molar-refractivity contribution in [3.05, 3.63) is 36.0 Å². The number of carbonyl (C=O) groups excluding carboxylic acids is 1. The van der Waals surface area contributed by atoms with Crippen LogP contribution < -0.4 is 10.2 Å². The molecule has 0 bridgehead atoms. The van der Waals surface area contributed by atoms with Gasteiger partial charge in [0.2, 0.25) is 0 Å². The van der Waals surface area contributed by atoms with Crippen molar-refractivity contribution in [2.75, 3.05) is 57.0 Å². The molecule has 0 atom stereocenters. The van der Waals surface area contributed by atoms with Crippen molar-refractivity contribution in [2.45, 2.75) is 6.54 Å². The molecule has 0 unspecified atom stereocenters. The average Bonchev–Trinajstić information content (AvgIpc) is 3.35. The summed E-state index contributed by atoms with van der Waals surface area (Å²) in [6.45, 7) is 4.56. The summed E-state index contributed by atoms with van der Waals surface area (Å²) in [6.07, 6.45) is 3.75. The van der Waals surface area contributed by atoms with Crippen molar-refractivity contribution in [1.82, 2.24) is 24.6 Å². The van der Waals surface area contributed by atoms with E-state index in [1.807, 2.05) is 48.2 Å². The average molecular weight is 400 g/mol. The Balaban J connectivity index is 1.32. The number of hydrogen-bond acceptors (Lipinski definition) is 6. The lowest BCUT2D eigenvalue weighted by molar-refractivity contribution is 0.208. The smallest absolute Gasteiger partial charge is 0.323 e. The Morgan fingerprint density at radius 1 is 1.21 bits per heavy atom. The Morgan fingerprint density at radius 2 is 2.04 bits per heavy atom. The minimum absolute atomic E-state index is 0.0980. The van der Waals surface area contributed by atoms with Crippen LogP contribution in [0.25, 0.3) is 10.1 Å². The number of pyridine rings is 1. The van der Waals surface area contributed by atoms with E-state index in [4.69, 9.17) is 0 Å². The minimum Gasteiger partial charge on any atom is -0.353 e. The first-order valence-corrected chi connectivity index (χ1v) is 10.3. The summed E-state index contributed by atoms with van der Waals surface area (Å²) in [5.41, 5.74) is 0. The third-order valence-corrected chi connectivity index (χ3v) is 5.76. The molecule has 4 rings (SSSR count). The van der Waals surface area contributed by atoms with Gasteiger partial charge in [-0.3, -0.25) is 10.00 Å². The zero-order chi connectivity index (χ0) is 19.5. The fourth-order valence-corrected chi connectivity index (χ4v) is 4.07. The number of carbonyl (C=O) groups is 1. The topological polar surface area (TPSA) is 69.5 Å². The molecule has 1 N–H and O–H groups in total. The molecule has 0 saturated carbocycles. The highest BCUT2D eigenvalue weighted by Gasteiger charge is 2.23. The quantitative estimate of drug-likeness (QED) is 0.714. The second-order valence-corrected chi connectivity index (χ2v) is 8.09. The number of likely N-dealkylation sites (N-methyl/N-ethyl adjacent to an activating group) is 1. The van der Waals surface area contributed by atoms with Gasteiger partial charge in [-0.2, -0.15) is 5.10 Å². The Kier molecular flexibility index (Phi) is 5.45. The second-order valence-electron chi connectivity index (χ2n) is 7.14. The lowest BCUT2D eigenvalue weighted by Gasteiger charge is -2.35. The van der Waals surface area contributed by atoms with Crippen LogP contribution in [0.4, 0.5) is 16.4 Å². The molecule has 1 aliphatic rings. The van der Waals surface area contributed by atoms with Gasteiger partial charge in [0.1, 0.15) is 5.82 Å². The molecule has 1 aliphatic heterocycles. The van der Waals surface area contributed by atoms with Gasteiger partial charge in [-0.1, -0.05) is 0 Å². The summed E-state index contributed by atoms with van der Waals surface area (Å²) in [6, 6.07) is 5.91. The zero-order valence-corrected chi connectivity index (χ0v) is 17.0. The number of aromatic nitrogens is 3. The molecule has 28 heavy (non-hydrogen) atoms. The highest BCUT2D eigenvalue weighted by atomic mass is 32.1. The molecule has 2 amide bonds. The Hall–Kier alpha value is -2.65. The molecule has 1 fully saturated rings. The highest BCUT2D eigenvalue weighted by Crippen LogP contribution is 2.29. The Labute approximate surface area is 168 Å². The maximum absolute atomic E-state index is 12.6. The normalized spacial score (nSPS) is 14.8. The summed E-state index contributed by atoms with van der Waals surface area (Å²) in [5, 5.41) is 10.6. The predicted molar refractivity (Wildman–Crippen MR) is 113 cm³/mol. The van der Waals surface area contributed by atoms with Gasteiger partial charge in [0.25, 0.3) is 0 Å². The molecule has 0 spiro atoms. The van der Waals surface area contributed by atoms with Crippen molar-refractivity contribution in [3.8, 4) is 0 Å². The SMILES string of the molecule is CN(C)CCn1ccc(NC(=O)N2CCN(c3nccc4sccc34)CC2)n1. The number of amides is 2. The van der Waals surface area contributed by atoms with Crippen molar-refractivity contribution in [3.63, 3.8) is 0 Å². The molecular formula is C19H25N7OS. The number of nitrogens with one attached hydrogen (secondary N) is 1. The van der Waals surface area contributed by atoms with Gasteiger partial charge >= 0.3 is 6.03 Å². The number of nitrogens with zero attached hydrogens (tertiary/aromatic N) is 6. The van der Waals surface area contributed by atoms with E-state index in [9.17, 15) is 4.79 Å². The van der Waals surface area contributed by atoms with Gasteiger partial charge in [-0.15, -0.1) is 11.3 Å². The summed E-state index contributed by atoms with van der Waals surface area (Å²) in [4.78, 5) is 23.3. The van der Waals surface area contributed by atoms with E-state index in [-0.39, 0.29) is 6.03 Å². The molecule has 9 heteroatoms. The molecule has 0 aromatic carbocycles. The van der Waals surface area contributed by atoms with E-state index in [0.717, 1.165) is 32.0 Å². The van der Waals surface area contributed by atoms with E-state index in [1.54, 1.807) is 11.3 Å². The monoisotopic (exact) mass is 399 g/mol. The Morgan fingerprint density at radius 3 is 2.82 bits per heavy atom. The largest absolute Gasteiger partial charge is 0.353 e. The summed E-state index contributed by atoms with van der Waals surface area (Å²) >= 11 is 1.73. The van der Waals surface area contributed by atoms with E-state index in [1.165, 1.54) is 10.1 Å². The first-order chi connectivity index (χ1) is 13.6. The number of anilines is 2. The van der Waals surface area contributed by atoms with Gasteiger partial charge in [0.15, 0.2) is 5.82 Å². The zero-order valence-electron chi connectivity index (χ0n) is 16.2. The van der Waals surface area contributed by atoms with Crippen LogP contribution in [0.1, 0.15) is 0 Å². The Bertz CT molecular complexity index is 943. The van der Waals surface area contributed by atoms with Crippen LogP contribution in [0.2, 0.25) is 0 Å². The standard InChI is InChI=1S/C19H25N7OS/c1-23(2)8-13-26-7-4-17(22-26)21-19(27)25-11-9-24(10-12-25)18-15-5-14-28-16(15)3-6-20-18/h3-7,14H,8-13H2,1-2H3,(H,21,22,27). The maximum atomic E-state index is 12.6. The summed E-state index contributed by atoms with van der Waals surface area (Å²) in [5.74, 6) is 1.61. The van der Waals surface area contributed by atoms with E-state index in [0.29, 0.717) is 18.9 Å². The number of urea groups is 1. The van der Waals surface area contributed by atoms with Crippen LogP contribution in [0.15, 0.2) is 36.0 Å². The maximum Gasteiger partial charge on any atom is 0.323 e. The third kappa shape index (κ3) is 4.10. The van der Waals surface area contributed by atoms with Crippen LogP contribution in [-0.4, -0.2) is 77.4 Å². The first kappa shape index (κ1) is 18.7. The summed E-state index contributed by atoms with van der Waals surface area (Å²) in [7, 11) is 4.06. The highest BCUT2D eigenvalue weighted by molar-refractivity contribution is 7.17. The van der Waals surface area contributed by atoms with Crippen LogP contribution in [0.3, 0.4) is 0 Å². The molecule has 3 aromatic rings. The molecule has 1 saturated heterocycles. The van der Waals surface area contributed by atoms with Gasteiger partial charge in [0, 0.05) is 61.3 Å². The molecular weight excluding hydrogens is 374 g/mol. The summed E-state index contributed by atoms with van der Waals surface area (Å²) < 4.78 is 3.09. The predicted octanol–water partition coefficient (Wildman–Crippen LogP) is 2.41. The van der Waals surface area contributed by atoms with Gasteiger partial charge in [0.05, 0.1) is 6.54 Å². The fourth-order valence-electron chi connectivity index (χ4n) is 3.30. The number of rotatable bonds is 5. The number of thiophene rings is 1.